The summed E-state index contributed by atoms with van der Waals surface area (Å²) in [5.41, 5.74) is 4.95. The van der Waals surface area contributed by atoms with Gasteiger partial charge in [-0.3, -0.25) is 19.3 Å². The molecule has 1 aliphatic heterocycles. The van der Waals surface area contributed by atoms with Crippen molar-refractivity contribution in [3.8, 4) is 0 Å². The number of rotatable bonds is 7. The summed E-state index contributed by atoms with van der Waals surface area (Å²) < 4.78 is 5.07. The number of aryl methyl sites for hydroxylation is 3. The van der Waals surface area contributed by atoms with Gasteiger partial charge in [0.25, 0.3) is 11.8 Å². The van der Waals surface area contributed by atoms with E-state index >= 15 is 0 Å². The molecule has 2 amide bonds. The summed E-state index contributed by atoms with van der Waals surface area (Å²) >= 11 is 0. The van der Waals surface area contributed by atoms with Crippen molar-refractivity contribution in [3.05, 3.63) is 70.3 Å². The van der Waals surface area contributed by atoms with E-state index in [2.05, 4.69) is 41.4 Å². The highest BCUT2D eigenvalue weighted by Gasteiger charge is 2.22. The monoisotopic (exact) mass is 437 g/mol. The van der Waals surface area contributed by atoms with E-state index in [1.54, 1.807) is 17.0 Å². The number of hydrogen-bond acceptors (Lipinski definition) is 5. The molecule has 0 radical (unpaired) electrons. The van der Waals surface area contributed by atoms with Gasteiger partial charge in [-0.05, 0) is 38.5 Å². The topological polar surface area (TPSA) is 79.0 Å². The molecule has 1 N–H and O–H groups in total. The molecule has 1 aliphatic rings. The van der Waals surface area contributed by atoms with E-state index in [0.717, 1.165) is 30.8 Å². The maximum Gasteiger partial charge on any atom is 0.325 e. The van der Waals surface area contributed by atoms with Gasteiger partial charge < -0.3 is 15.0 Å². The molecule has 32 heavy (non-hydrogen) atoms. The molecule has 0 aromatic heterocycles. The van der Waals surface area contributed by atoms with Crippen LogP contribution in [-0.2, 0) is 20.9 Å². The molecule has 170 valence electrons. The number of hydrogen-bond donors (Lipinski definition) is 1. The van der Waals surface area contributed by atoms with Gasteiger partial charge in [-0.1, -0.05) is 47.0 Å². The molecule has 3 rings (SSSR count). The van der Waals surface area contributed by atoms with Gasteiger partial charge in [-0.15, -0.1) is 0 Å². The van der Waals surface area contributed by atoms with Crippen molar-refractivity contribution in [1.29, 1.82) is 0 Å². The van der Waals surface area contributed by atoms with Crippen LogP contribution >= 0.6 is 0 Å². The number of carbonyl (C=O) groups excluding carboxylic acids is 3. The molecule has 0 bridgehead atoms. The molecule has 0 saturated carbocycles. The third-order valence-electron chi connectivity index (χ3n) is 5.45. The number of benzene rings is 2. The van der Waals surface area contributed by atoms with E-state index < -0.39 is 5.97 Å². The minimum absolute atomic E-state index is 0.214. The van der Waals surface area contributed by atoms with Crippen LogP contribution in [0.2, 0.25) is 0 Å². The molecule has 1 heterocycles. The van der Waals surface area contributed by atoms with Crippen molar-refractivity contribution in [2.24, 2.45) is 0 Å². The zero-order chi connectivity index (χ0) is 23.1. The van der Waals surface area contributed by atoms with Crippen LogP contribution in [0, 0.1) is 20.8 Å². The van der Waals surface area contributed by atoms with Crippen LogP contribution in [0.25, 0.3) is 0 Å². The summed E-state index contributed by atoms with van der Waals surface area (Å²) in [4.78, 5) is 40.6. The highest BCUT2D eigenvalue weighted by molar-refractivity contribution is 5.96. The molecule has 1 fully saturated rings. The molecular formula is C25H31N3O4. The maximum absolute atomic E-state index is 12.4. The summed E-state index contributed by atoms with van der Waals surface area (Å²) in [7, 11) is 0. The highest BCUT2D eigenvalue weighted by Crippen LogP contribution is 2.11. The summed E-state index contributed by atoms with van der Waals surface area (Å²) in [5, 5.41) is 2.54. The third kappa shape index (κ3) is 6.92. The van der Waals surface area contributed by atoms with Crippen LogP contribution in [-0.4, -0.2) is 66.9 Å². The van der Waals surface area contributed by atoms with Crippen molar-refractivity contribution < 1.29 is 19.1 Å². The summed E-state index contributed by atoms with van der Waals surface area (Å²) in [6.45, 7) is 8.93. The summed E-state index contributed by atoms with van der Waals surface area (Å²) in [6, 6.07) is 13.9. The predicted octanol–water partition coefficient (Wildman–Crippen LogP) is 2.23. The highest BCUT2D eigenvalue weighted by atomic mass is 16.5. The Hall–Kier alpha value is -3.19. The average molecular weight is 438 g/mol. The fourth-order valence-corrected chi connectivity index (χ4v) is 3.87. The molecule has 2 aromatic rings. The lowest BCUT2D eigenvalue weighted by molar-refractivity contribution is -0.151. The lowest BCUT2D eigenvalue weighted by atomic mass is 10.1. The van der Waals surface area contributed by atoms with Crippen molar-refractivity contribution >= 4 is 17.8 Å². The largest absolute Gasteiger partial charge is 0.454 e. The van der Waals surface area contributed by atoms with Crippen LogP contribution in [0.15, 0.2) is 42.5 Å². The van der Waals surface area contributed by atoms with Gasteiger partial charge in [0.15, 0.2) is 6.61 Å². The van der Waals surface area contributed by atoms with Gasteiger partial charge in [-0.25, -0.2) is 0 Å². The fraction of sp³-hybridized carbons (Fsp3) is 0.400. The Labute approximate surface area is 189 Å². The van der Waals surface area contributed by atoms with Crippen LogP contribution < -0.4 is 5.32 Å². The summed E-state index contributed by atoms with van der Waals surface area (Å²) in [6.07, 6.45) is 0. The van der Waals surface area contributed by atoms with Gasteiger partial charge in [-0.2, -0.15) is 0 Å². The second kappa shape index (κ2) is 10.9. The number of nitrogens with zero attached hydrogens (tertiary/aromatic N) is 2. The standard InChI is InChI=1S/C25H31N3O4/c1-18-5-4-6-21(12-18)16-27-7-9-28(10-8-27)23(29)17-32-24(30)15-26-25(31)22-13-19(2)11-20(3)14-22/h4-6,11-14H,7-10,15-17H2,1-3H3,(H,26,31). The number of piperazine rings is 1. The smallest absolute Gasteiger partial charge is 0.325 e. The second-order valence-corrected chi connectivity index (χ2v) is 8.37. The number of nitrogens with one attached hydrogen (secondary N) is 1. The lowest BCUT2D eigenvalue weighted by Gasteiger charge is -2.34. The third-order valence-corrected chi connectivity index (χ3v) is 5.45. The van der Waals surface area contributed by atoms with E-state index in [9.17, 15) is 14.4 Å². The van der Waals surface area contributed by atoms with Gasteiger partial charge in [0.2, 0.25) is 0 Å². The normalized spacial score (nSPS) is 14.2. The second-order valence-electron chi connectivity index (χ2n) is 8.37. The Morgan fingerprint density at radius 3 is 2.25 bits per heavy atom. The van der Waals surface area contributed by atoms with Gasteiger partial charge >= 0.3 is 5.97 Å². The molecule has 2 aromatic carbocycles. The minimum Gasteiger partial charge on any atom is -0.454 e. The first-order valence-electron chi connectivity index (χ1n) is 10.9. The number of carbonyl (C=O) groups is 3. The van der Waals surface area contributed by atoms with E-state index in [0.29, 0.717) is 18.7 Å². The van der Waals surface area contributed by atoms with Crippen LogP contribution in [0.5, 0.6) is 0 Å². The van der Waals surface area contributed by atoms with Gasteiger partial charge in [0.1, 0.15) is 6.54 Å². The number of amides is 2. The zero-order valence-electron chi connectivity index (χ0n) is 19.0. The Morgan fingerprint density at radius 1 is 0.906 bits per heavy atom. The fourth-order valence-electron chi connectivity index (χ4n) is 3.87. The van der Waals surface area contributed by atoms with Gasteiger partial charge in [0.05, 0.1) is 0 Å². The van der Waals surface area contributed by atoms with E-state index in [-0.39, 0.29) is 25.0 Å². The van der Waals surface area contributed by atoms with Crippen molar-refractivity contribution in [3.63, 3.8) is 0 Å². The number of esters is 1. The Bertz CT molecular complexity index is 961. The SMILES string of the molecule is Cc1cccc(CN2CCN(C(=O)COC(=O)CNC(=O)c3cc(C)cc(C)c3)CC2)c1. The molecule has 7 nitrogen and oxygen atoms in total. The first kappa shape index (κ1) is 23.5. The van der Waals surface area contributed by atoms with Crippen molar-refractivity contribution in [2.45, 2.75) is 27.3 Å². The van der Waals surface area contributed by atoms with Crippen LogP contribution in [0.3, 0.4) is 0 Å². The predicted molar refractivity (Wildman–Crippen MR) is 122 cm³/mol. The molecule has 0 atom stereocenters. The quantitative estimate of drug-likeness (QED) is 0.672. The van der Waals surface area contributed by atoms with E-state index in [1.165, 1.54) is 11.1 Å². The maximum atomic E-state index is 12.4. The molecular weight excluding hydrogens is 406 g/mol. The van der Waals surface area contributed by atoms with Gasteiger partial charge in [0, 0.05) is 38.3 Å². The van der Waals surface area contributed by atoms with E-state index in [4.69, 9.17) is 4.74 Å². The van der Waals surface area contributed by atoms with E-state index in [1.807, 2.05) is 19.9 Å². The zero-order valence-corrected chi connectivity index (χ0v) is 19.0. The van der Waals surface area contributed by atoms with Crippen LogP contribution in [0.4, 0.5) is 0 Å². The Balaban J connectivity index is 1.36. The molecule has 7 heteroatoms. The van der Waals surface area contributed by atoms with Crippen molar-refractivity contribution in [1.82, 2.24) is 15.1 Å². The van der Waals surface area contributed by atoms with Crippen molar-refractivity contribution in [2.75, 3.05) is 39.3 Å². The Kier molecular flexibility index (Phi) is 8.00. The molecule has 1 saturated heterocycles. The van der Waals surface area contributed by atoms with Crippen LogP contribution in [0.1, 0.15) is 32.6 Å². The minimum atomic E-state index is -0.630. The Morgan fingerprint density at radius 2 is 1.59 bits per heavy atom. The molecule has 0 spiro atoms. The number of ether oxygens (including phenoxy) is 1. The molecule has 0 aliphatic carbocycles. The average Bonchev–Trinajstić information content (AvgIpc) is 2.75. The molecule has 0 unspecified atom stereocenters. The first-order valence-corrected chi connectivity index (χ1v) is 10.9. The summed E-state index contributed by atoms with van der Waals surface area (Å²) in [5.74, 6) is -1.19. The first-order chi connectivity index (χ1) is 15.3. The lowest BCUT2D eigenvalue weighted by Crippen LogP contribution is -2.49.